The number of piperazine rings is 1. The van der Waals surface area contributed by atoms with Gasteiger partial charge in [-0.05, 0) is 60.7 Å². The van der Waals surface area contributed by atoms with Crippen molar-refractivity contribution in [1.82, 2.24) is 9.47 Å². The molecule has 0 spiro atoms. The summed E-state index contributed by atoms with van der Waals surface area (Å²) in [7, 11) is 2.18. The van der Waals surface area contributed by atoms with Gasteiger partial charge >= 0.3 is 0 Å². The maximum Gasteiger partial charge on any atom is 0.252 e. The summed E-state index contributed by atoms with van der Waals surface area (Å²) < 4.78 is 1.79. The van der Waals surface area contributed by atoms with Crippen LogP contribution in [0.25, 0.3) is 6.08 Å². The predicted molar refractivity (Wildman–Crippen MR) is 137 cm³/mol. The summed E-state index contributed by atoms with van der Waals surface area (Å²) in [5.41, 5.74) is 4.80. The predicted octanol–water partition coefficient (Wildman–Crippen LogP) is 2.20. The molecule has 172 valence electrons. The van der Waals surface area contributed by atoms with Crippen LogP contribution in [0.5, 0.6) is 0 Å². The fraction of sp³-hybridized carbons (Fsp3) is 0.286. The zero-order valence-corrected chi connectivity index (χ0v) is 19.4. The second-order valence-electron chi connectivity index (χ2n) is 9.56. The molecule has 1 aromatic heterocycles. The topological polar surface area (TPSA) is 52.9 Å². The van der Waals surface area contributed by atoms with Gasteiger partial charge in [-0.15, -0.1) is 0 Å². The Balaban J connectivity index is 1.31. The van der Waals surface area contributed by atoms with Crippen molar-refractivity contribution < 1.29 is 0 Å². The molecule has 0 saturated carbocycles. The van der Waals surface area contributed by atoms with Crippen molar-refractivity contribution in [2.45, 2.75) is 18.6 Å². The first-order valence-electron chi connectivity index (χ1n) is 12.0. The molecule has 4 heterocycles. The van der Waals surface area contributed by atoms with Crippen molar-refractivity contribution in [3.8, 4) is 0 Å². The number of nitrogens with one attached hydrogen (secondary N) is 1. The summed E-state index contributed by atoms with van der Waals surface area (Å²) in [4.78, 5) is 22.8. The lowest BCUT2D eigenvalue weighted by Gasteiger charge is -2.36. The van der Waals surface area contributed by atoms with E-state index in [4.69, 9.17) is 4.99 Å². The zero-order chi connectivity index (χ0) is 23.1. The number of likely N-dealkylation sites (N-methyl/N-ethyl adjacent to an activating group) is 1. The van der Waals surface area contributed by atoms with Gasteiger partial charge < -0.3 is 15.1 Å². The molecule has 0 amide bonds. The Morgan fingerprint density at radius 2 is 1.68 bits per heavy atom. The number of nitrogens with zero attached hydrogens (tertiary/aromatic N) is 4. The molecule has 7 rings (SSSR count). The third kappa shape index (κ3) is 3.94. The molecular formula is C28H29N5O. The highest BCUT2D eigenvalue weighted by atomic mass is 16.1. The molecule has 6 heteroatoms. The largest absolute Gasteiger partial charge is 0.369 e. The molecule has 6 nitrogen and oxygen atoms in total. The fourth-order valence-corrected chi connectivity index (χ4v) is 5.06. The van der Waals surface area contributed by atoms with Crippen LogP contribution >= 0.6 is 0 Å². The minimum atomic E-state index is -0.529. The molecule has 1 aliphatic carbocycles. The molecule has 0 radical (unpaired) electrons. The number of pyridine rings is 1. The van der Waals surface area contributed by atoms with Crippen LogP contribution in [0.3, 0.4) is 0 Å². The van der Waals surface area contributed by atoms with Gasteiger partial charge in [-0.1, -0.05) is 30.3 Å². The molecule has 1 saturated heterocycles. The lowest BCUT2D eigenvalue weighted by atomic mass is 9.86. The molecule has 2 bridgehead atoms. The summed E-state index contributed by atoms with van der Waals surface area (Å²) >= 11 is 0. The Kier molecular flexibility index (Phi) is 5.11. The van der Waals surface area contributed by atoms with Crippen LogP contribution in [0.4, 0.5) is 11.4 Å². The van der Waals surface area contributed by atoms with E-state index in [0.29, 0.717) is 6.54 Å². The normalized spacial score (nSPS) is 21.3. The van der Waals surface area contributed by atoms with E-state index in [0.717, 1.165) is 54.6 Å². The quantitative estimate of drug-likeness (QED) is 0.646. The van der Waals surface area contributed by atoms with Crippen LogP contribution in [0.1, 0.15) is 12.0 Å². The lowest BCUT2D eigenvalue weighted by Crippen LogP contribution is -2.47. The SMILES string of the molecule is CN1CCN(c2ccc(NC34C=C(C=c5ccc(=O)n(Cc6ccccc6)c5=N3)C4)cc2)CC1. The molecule has 34 heavy (non-hydrogen) atoms. The van der Waals surface area contributed by atoms with E-state index in [9.17, 15) is 4.79 Å². The lowest BCUT2D eigenvalue weighted by molar-refractivity contribution is 0.313. The molecule has 3 aliphatic heterocycles. The first kappa shape index (κ1) is 20.9. The summed E-state index contributed by atoms with van der Waals surface area (Å²) in [6.07, 6.45) is 5.14. The summed E-state index contributed by atoms with van der Waals surface area (Å²) in [6.45, 7) is 4.80. The number of aromatic nitrogens is 1. The van der Waals surface area contributed by atoms with Crippen LogP contribution in [-0.2, 0) is 6.54 Å². The van der Waals surface area contributed by atoms with Crippen molar-refractivity contribution in [3.05, 3.63) is 105 Å². The first-order chi connectivity index (χ1) is 16.6. The van der Waals surface area contributed by atoms with E-state index >= 15 is 0 Å². The van der Waals surface area contributed by atoms with E-state index in [1.54, 1.807) is 10.6 Å². The molecule has 1 fully saturated rings. The summed E-state index contributed by atoms with van der Waals surface area (Å²) in [5, 5.41) is 4.64. The van der Waals surface area contributed by atoms with Gasteiger partial charge in [-0.3, -0.25) is 9.36 Å². The molecular weight excluding hydrogens is 422 g/mol. The number of hydrogen-bond acceptors (Lipinski definition) is 5. The Bertz CT molecular complexity index is 1420. The van der Waals surface area contributed by atoms with Gasteiger partial charge in [-0.2, -0.15) is 0 Å². The monoisotopic (exact) mass is 451 g/mol. The van der Waals surface area contributed by atoms with Crippen LogP contribution in [0.15, 0.2) is 88.2 Å². The number of hydrogen-bond donors (Lipinski definition) is 1. The zero-order valence-electron chi connectivity index (χ0n) is 19.4. The highest BCUT2D eigenvalue weighted by molar-refractivity contribution is 5.62. The standard InChI is InChI=1S/C28H29N5O/c1-31-13-15-32(16-14-31)25-10-8-24(9-11-25)29-28-18-22(19-28)17-23-7-12-26(34)33(27(23)30-28)20-21-5-3-2-4-6-21/h2-12,17-18,29H,13-16,19-20H2,1H3. The fourth-order valence-electron chi connectivity index (χ4n) is 5.06. The first-order valence-corrected chi connectivity index (χ1v) is 12.0. The molecule has 2 aromatic carbocycles. The van der Waals surface area contributed by atoms with Crippen molar-refractivity contribution in [3.63, 3.8) is 0 Å². The summed E-state index contributed by atoms with van der Waals surface area (Å²) in [6, 6.07) is 22.3. The molecule has 1 N–H and O–H groups in total. The highest BCUT2D eigenvalue weighted by Crippen LogP contribution is 2.36. The van der Waals surface area contributed by atoms with Gasteiger partial charge in [0.2, 0.25) is 0 Å². The highest BCUT2D eigenvalue weighted by Gasteiger charge is 2.37. The number of rotatable bonds is 5. The summed E-state index contributed by atoms with van der Waals surface area (Å²) in [5.74, 6) is 0. The average Bonchev–Trinajstić information content (AvgIpc) is 3.09. The number of anilines is 2. The van der Waals surface area contributed by atoms with E-state index in [1.807, 2.05) is 36.4 Å². The van der Waals surface area contributed by atoms with E-state index in [1.165, 1.54) is 11.3 Å². The minimum absolute atomic E-state index is 0.0319. The minimum Gasteiger partial charge on any atom is -0.369 e. The van der Waals surface area contributed by atoms with Crippen LogP contribution in [0, 0.1) is 0 Å². The smallest absolute Gasteiger partial charge is 0.252 e. The second kappa shape index (κ2) is 8.29. The molecule has 1 unspecified atom stereocenters. The van der Waals surface area contributed by atoms with E-state index < -0.39 is 5.66 Å². The van der Waals surface area contributed by atoms with E-state index in [-0.39, 0.29) is 5.56 Å². The Labute approximate surface area is 199 Å². The van der Waals surface area contributed by atoms with Crippen molar-refractivity contribution >= 4 is 17.5 Å². The molecule has 1 atom stereocenters. The third-order valence-corrected chi connectivity index (χ3v) is 7.01. The Hall–Kier alpha value is -3.64. The van der Waals surface area contributed by atoms with Gasteiger partial charge in [-0.25, -0.2) is 4.99 Å². The van der Waals surface area contributed by atoms with Crippen molar-refractivity contribution in [2.75, 3.05) is 43.4 Å². The Morgan fingerprint density at radius 3 is 2.41 bits per heavy atom. The Morgan fingerprint density at radius 1 is 0.941 bits per heavy atom. The second-order valence-corrected chi connectivity index (χ2v) is 9.56. The maximum absolute atomic E-state index is 12.8. The van der Waals surface area contributed by atoms with Gasteiger partial charge in [0.05, 0.1) is 6.54 Å². The van der Waals surface area contributed by atoms with Gasteiger partial charge in [0, 0.05) is 55.3 Å². The van der Waals surface area contributed by atoms with Crippen molar-refractivity contribution in [1.29, 1.82) is 0 Å². The van der Waals surface area contributed by atoms with Crippen molar-refractivity contribution in [2.24, 2.45) is 4.99 Å². The molecule has 4 aliphatic rings. The van der Waals surface area contributed by atoms with Gasteiger partial charge in [0.25, 0.3) is 5.56 Å². The van der Waals surface area contributed by atoms with Crippen LogP contribution < -0.4 is 26.5 Å². The molecule has 3 aromatic rings. The average molecular weight is 452 g/mol. The van der Waals surface area contributed by atoms with Gasteiger partial charge in [0.1, 0.15) is 5.49 Å². The van der Waals surface area contributed by atoms with Gasteiger partial charge in [0.15, 0.2) is 5.66 Å². The van der Waals surface area contributed by atoms with Crippen LogP contribution in [0.2, 0.25) is 0 Å². The third-order valence-electron chi connectivity index (χ3n) is 7.01. The van der Waals surface area contributed by atoms with Crippen LogP contribution in [-0.4, -0.2) is 48.4 Å². The van der Waals surface area contributed by atoms with E-state index in [2.05, 4.69) is 58.6 Å². The number of benzene rings is 2. The maximum atomic E-state index is 12.8.